The molecular formula is C16H27N3O2. The van der Waals surface area contributed by atoms with Crippen molar-refractivity contribution in [1.82, 2.24) is 15.4 Å². The van der Waals surface area contributed by atoms with Crippen molar-refractivity contribution in [1.29, 1.82) is 0 Å². The number of carbonyl (C=O) groups is 1. The topological polar surface area (TPSA) is 58.4 Å². The van der Waals surface area contributed by atoms with Crippen molar-refractivity contribution in [3.63, 3.8) is 0 Å². The molecular weight excluding hydrogens is 266 g/mol. The predicted molar refractivity (Wildman–Crippen MR) is 81.9 cm³/mol. The van der Waals surface area contributed by atoms with Crippen molar-refractivity contribution in [3.8, 4) is 0 Å². The van der Waals surface area contributed by atoms with Crippen LogP contribution in [0.2, 0.25) is 0 Å². The fraction of sp³-hybridized carbons (Fsp3) is 0.750. The van der Waals surface area contributed by atoms with Gasteiger partial charge in [0.15, 0.2) is 0 Å². The summed E-state index contributed by atoms with van der Waals surface area (Å²) in [6, 6.07) is 1.81. The molecule has 0 unspecified atom stereocenters. The van der Waals surface area contributed by atoms with Gasteiger partial charge in [-0.05, 0) is 25.7 Å². The van der Waals surface area contributed by atoms with Crippen LogP contribution in [0.1, 0.15) is 56.4 Å². The molecule has 0 atom stereocenters. The maximum Gasteiger partial charge on any atom is 0.317 e. The zero-order chi connectivity index (χ0) is 15.1. The lowest BCUT2D eigenvalue weighted by Crippen LogP contribution is -2.37. The van der Waals surface area contributed by atoms with Gasteiger partial charge in [-0.25, -0.2) is 4.79 Å². The lowest BCUT2D eigenvalue weighted by Gasteiger charge is -2.21. The molecule has 1 heterocycles. The molecule has 0 radical (unpaired) electrons. The van der Waals surface area contributed by atoms with Crippen molar-refractivity contribution in [2.45, 2.75) is 58.4 Å². The van der Waals surface area contributed by atoms with E-state index in [4.69, 9.17) is 4.52 Å². The Kier molecular flexibility index (Phi) is 6.08. The van der Waals surface area contributed by atoms with Crippen LogP contribution in [0.4, 0.5) is 4.79 Å². The van der Waals surface area contributed by atoms with E-state index in [0.29, 0.717) is 6.54 Å². The van der Waals surface area contributed by atoms with Gasteiger partial charge >= 0.3 is 6.03 Å². The fourth-order valence-electron chi connectivity index (χ4n) is 3.00. The Morgan fingerprint density at radius 2 is 2.19 bits per heavy atom. The number of amides is 2. The zero-order valence-electron chi connectivity index (χ0n) is 13.2. The van der Waals surface area contributed by atoms with E-state index in [0.717, 1.165) is 30.3 Å². The van der Waals surface area contributed by atoms with Crippen LogP contribution in [0.3, 0.4) is 0 Å². The maximum atomic E-state index is 12.0. The second-order valence-electron chi connectivity index (χ2n) is 6.16. The minimum atomic E-state index is -0.0423. The van der Waals surface area contributed by atoms with Crippen molar-refractivity contribution in [3.05, 3.63) is 17.5 Å². The molecule has 2 rings (SSSR count). The Labute approximate surface area is 127 Å². The number of hydrogen-bond acceptors (Lipinski definition) is 3. The summed E-state index contributed by atoms with van der Waals surface area (Å²) in [5, 5.41) is 6.88. The van der Waals surface area contributed by atoms with E-state index in [2.05, 4.69) is 10.5 Å². The van der Waals surface area contributed by atoms with Gasteiger partial charge in [-0.2, -0.15) is 0 Å². The highest BCUT2D eigenvalue weighted by Gasteiger charge is 2.14. The number of aryl methyl sites for hydroxylation is 1. The molecule has 1 aromatic heterocycles. The highest BCUT2D eigenvalue weighted by molar-refractivity contribution is 5.73. The van der Waals surface area contributed by atoms with Gasteiger partial charge in [0.05, 0.1) is 6.54 Å². The quantitative estimate of drug-likeness (QED) is 0.817. The minimum absolute atomic E-state index is 0.0423. The standard InChI is InChI=1S/C16H27N3O2/c1-13-11-15(18-21-13)12-19(2)16(20)17-10-6-9-14-7-4-3-5-8-14/h11,14H,3-10,12H2,1-2H3,(H,17,20). The molecule has 1 aliphatic rings. The number of aromatic nitrogens is 1. The zero-order valence-corrected chi connectivity index (χ0v) is 13.2. The fourth-order valence-corrected chi connectivity index (χ4v) is 3.00. The van der Waals surface area contributed by atoms with E-state index in [9.17, 15) is 4.79 Å². The Bertz CT molecular complexity index is 438. The van der Waals surface area contributed by atoms with E-state index in [1.54, 1.807) is 11.9 Å². The molecule has 1 saturated carbocycles. The van der Waals surface area contributed by atoms with Crippen LogP contribution in [0.5, 0.6) is 0 Å². The summed E-state index contributed by atoms with van der Waals surface area (Å²) in [4.78, 5) is 13.6. The van der Waals surface area contributed by atoms with E-state index in [1.165, 1.54) is 38.5 Å². The first-order chi connectivity index (χ1) is 10.1. The van der Waals surface area contributed by atoms with Crippen LogP contribution in [0.25, 0.3) is 0 Å². The molecule has 5 nitrogen and oxygen atoms in total. The molecule has 0 bridgehead atoms. The molecule has 2 amide bonds. The summed E-state index contributed by atoms with van der Waals surface area (Å²) < 4.78 is 5.00. The van der Waals surface area contributed by atoms with E-state index >= 15 is 0 Å². The molecule has 0 spiro atoms. The highest BCUT2D eigenvalue weighted by Crippen LogP contribution is 2.26. The van der Waals surface area contributed by atoms with E-state index in [1.807, 2.05) is 13.0 Å². The third kappa shape index (κ3) is 5.40. The van der Waals surface area contributed by atoms with Gasteiger partial charge in [0.1, 0.15) is 11.5 Å². The van der Waals surface area contributed by atoms with Gasteiger partial charge in [-0.15, -0.1) is 0 Å². The van der Waals surface area contributed by atoms with E-state index in [-0.39, 0.29) is 6.03 Å². The van der Waals surface area contributed by atoms with Gasteiger partial charge in [-0.1, -0.05) is 37.3 Å². The Morgan fingerprint density at radius 3 is 2.86 bits per heavy atom. The van der Waals surface area contributed by atoms with Crippen molar-refractivity contribution in [2.75, 3.05) is 13.6 Å². The third-order valence-corrected chi connectivity index (χ3v) is 4.21. The lowest BCUT2D eigenvalue weighted by molar-refractivity contribution is 0.205. The van der Waals surface area contributed by atoms with Gasteiger partial charge in [0.25, 0.3) is 0 Å². The highest BCUT2D eigenvalue weighted by atomic mass is 16.5. The molecule has 1 aliphatic carbocycles. The summed E-state index contributed by atoms with van der Waals surface area (Å²) in [6.45, 7) is 3.09. The molecule has 1 fully saturated rings. The summed E-state index contributed by atoms with van der Waals surface area (Å²) in [6.07, 6.45) is 9.24. The van der Waals surface area contributed by atoms with Crippen LogP contribution >= 0.6 is 0 Å². The van der Waals surface area contributed by atoms with Gasteiger partial charge in [0.2, 0.25) is 0 Å². The number of carbonyl (C=O) groups excluding carboxylic acids is 1. The van der Waals surface area contributed by atoms with Gasteiger partial charge < -0.3 is 14.7 Å². The lowest BCUT2D eigenvalue weighted by atomic mass is 9.86. The largest absolute Gasteiger partial charge is 0.361 e. The first kappa shape index (κ1) is 15.9. The van der Waals surface area contributed by atoms with Gasteiger partial charge in [0, 0.05) is 19.7 Å². The van der Waals surface area contributed by atoms with Crippen LogP contribution in [0, 0.1) is 12.8 Å². The SMILES string of the molecule is Cc1cc(CN(C)C(=O)NCCCC2CCCCC2)no1. The first-order valence-electron chi connectivity index (χ1n) is 8.06. The van der Waals surface area contributed by atoms with Crippen LogP contribution in [-0.2, 0) is 6.54 Å². The molecule has 0 saturated heterocycles. The molecule has 0 aliphatic heterocycles. The monoisotopic (exact) mass is 293 g/mol. The Hall–Kier alpha value is -1.52. The average Bonchev–Trinajstić information content (AvgIpc) is 2.89. The maximum absolute atomic E-state index is 12.0. The predicted octanol–water partition coefficient (Wildman–Crippen LogP) is 3.48. The number of urea groups is 1. The van der Waals surface area contributed by atoms with Gasteiger partial charge in [-0.3, -0.25) is 0 Å². The summed E-state index contributed by atoms with van der Waals surface area (Å²) in [5.41, 5.74) is 0.785. The molecule has 1 N–H and O–H groups in total. The van der Waals surface area contributed by atoms with E-state index < -0.39 is 0 Å². The number of hydrogen-bond donors (Lipinski definition) is 1. The smallest absolute Gasteiger partial charge is 0.317 e. The third-order valence-electron chi connectivity index (χ3n) is 4.21. The number of nitrogens with zero attached hydrogens (tertiary/aromatic N) is 2. The van der Waals surface area contributed by atoms with Crippen LogP contribution in [-0.4, -0.2) is 29.7 Å². The average molecular weight is 293 g/mol. The van der Waals surface area contributed by atoms with Crippen molar-refractivity contribution in [2.24, 2.45) is 5.92 Å². The second kappa shape index (κ2) is 8.05. The molecule has 21 heavy (non-hydrogen) atoms. The molecule has 5 heteroatoms. The molecule has 118 valence electrons. The number of nitrogens with one attached hydrogen (secondary N) is 1. The van der Waals surface area contributed by atoms with Crippen molar-refractivity contribution >= 4 is 6.03 Å². The molecule has 1 aromatic rings. The molecule has 0 aromatic carbocycles. The van der Waals surface area contributed by atoms with Crippen molar-refractivity contribution < 1.29 is 9.32 Å². The van der Waals surface area contributed by atoms with Crippen LogP contribution in [0.15, 0.2) is 10.6 Å². The van der Waals surface area contributed by atoms with Crippen LogP contribution < -0.4 is 5.32 Å². The Balaban J connectivity index is 1.59. The second-order valence-corrected chi connectivity index (χ2v) is 6.16. The number of rotatable bonds is 6. The summed E-state index contributed by atoms with van der Waals surface area (Å²) >= 11 is 0. The Morgan fingerprint density at radius 1 is 1.43 bits per heavy atom. The minimum Gasteiger partial charge on any atom is -0.361 e. The normalized spacial score (nSPS) is 15.9. The first-order valence-corrected chi connectivity index (χ1v) is 8.06. The summed E-state index contributed by atoms with van der Waals surface area (Å²) in [5.74, 6) is 1.65. The summed E-state index contributed by atoms with van der Waals surface area (Å²) in [7, 11) is 1.78.